The first-order valence-corrected chi connectivity index (χ1v) is 7.73. The molecule has 0 radical (unpaired) electrons. The third kappa shape index (κ3) is 3.43. The lowest BCUT2D eigenvalue weighted by Crippen LogP contribution is -2.41. The van der Waals surface area contributed by atoms with Crippen LogP contribution >= 0.6 is 0 Å². The monoisotopic (exact) mass is 291 g/mol. The van der Waals surface area contributed by atoms with Gasteiger partial charge in [-0.1, -0.05) is 0 Å². The summed E-state index contributed by atoms with van der Waals surface area (Å²) in [5.41, 5.74) is -0.107. The number of aliphatic carboxylic acids is 1. The van der Waals surface area contributed by atoms with Crippen LogP contribution in [-0.2, 0) is 4.79 Å². The molecule has 2 fully saturated rings. The standard InChI is InChI=1S/C15H21N3O3/c19-13-9-12(16-15(17-13)10-4-5-10)18-8-2-1-3-11(18)6-7-14(20)21/h9-11H,1-8H2,(H,20,21)(H,16,17,19). The molecule has 0 amide bonds. The van der Waals surface area contributed by atoms with E-state index in [1.165, 1.54) is 0 Å². The zero-order valence-corrected chi connectivity index (χ0v) is 12.0. The molecule has 21 heavy (non-hydrogen) atoms. The van der Waals surface area contributed by atoms with E-state index in [-0.39, 0.29) is 18.0 Å². The van der Waals surface area contributed by atoms with Gasteiger partial charge in [0.25, 0.3) is 5.56 Å². The van der Waals surface area contributed by atoms with Gasteiger partial charge in [0.1, 0.15) is 11.6 Å². The first-order chi connectivity index (χ1) is 10.1. The number of aromatic amines is 1. The number of aromatic nitrogens is 2. The van der Waals surface area contributed by atoms with E-state index < -0.39 is 5.97 Å². The van der Waals surface area contributed by atoms with Crippen LogP contribution in [-0.4, -0.2) is 33.6 Å². The van der Waals surface area contributed by atoms with Crippen molar-refractivity contribution in [1.29, 1.82) is 0 Å². The molecule has 3 rings (SSSR count). The maximum Gasteiger partial charge on any atom is 0.303 e. The highest BCUT2D eigenvalue weighted by molar-refractivity contribution is 5.66. The second-order valence-corrected chi connectivity index (χ2v) is 6.04. The Hall–Kier alpha value is -1.85. The molecule has 2 heterocycles. The fraction of sp³-hybridized carbons (Fsp3) is 0.667. The van der Waals surface area contributed by atoms with Crippen LogP contribution in [0, 0.1) is 0 Å². The average Bonchev–Trinajstić information content (AvgIpc) is 3.29. The Bertz CT molecular complexity index is 580. The number of H-pyrrole nitrogens is 1. The van der Waals surface area contributed by atoms with E-state index in [2.05, 4.69) is 14.9 Å². The third-order valence-corrected chi connectivity index (χ3v) is 4.32. The van der Waals surface area contributed by atoms with Crippen LogP contribution in [0.15, 0.2) is 10.9 Å². The zero-order chi connectivity index (χ0) is 14.8. The average molecular weight is 291 g/mol. The lowest BCUT2D eigenvalue weighted by atomic mass is 9.98. The molecule has 0 spiro atoms. The molecular weight excluding hydrogens is 270 g/mol. The summed E-state index contributed by atoms with van der Waals surface area (Å²) < 4.78 is 0. The second kappa shape index (κ2) is 5.87. The minimum atomic E-state index is -0.766. The Labute approximate surface area is 123 Å². The largest absolute Gasteiger partial charge is 0.481 e. The molecule has 0 aromatic carbocycles. The van der Waals surface area contributed by atoms with E-state index in [9.17, 15) is 9.59 Å². The first kappa shape index (κ1) is 14.1. The summed E-state index contributed by atoms with van der Waals surface area (Å²) in [7, 11) is 0. The van der Waals surface area contributed by atoms with Crippen molar-refractivity contribution in [1.82, 2.24) is 9.97 Å². The van der Waals surface area contributed by atoms with Gasteiger partial charge >= 0.3 is 5.97 Å². The van der Waals surface area contributed by atoms with Crippen LogP contribution in [0.3, 0.4) is 0 Å². The molecule has 1 saturated carbocycles. The van der Waals surface area contributed by atoms with Gasteiger partial charge in [-0.15, -0.1) is 0 Å². The van der Waals surface area contributed by atoms with E-state index >= 15 is 0 Å². The fourth-order valence-corrected chi connectivity index (χ4v) is 3.05. The fourth-order valence-electron chi connectivity index (χ4n) is 3.05. The van der Waals surface area contributed by atoms with Crippen molar-refractivity contribution in [3.8, 4) is 0 Å². The molecule has 114 valence electrons. The van der Waals surface area contributed by atoms with E-state index in [1.54, 1.807) is 6.07 Å². The van der Waals surface area contributed by atoms with Crippen LogP contribution in [0.2, 0.25) is 0 Å². The van der Waals surface area contributed by atoms with Crippen LogP contribution in [0.5, 0.6) is 0 Å². The summed E-state index contributed by atoms with van der Waals surface area (Å²) in [6.07, 6.45) is 6.11. The molecule has 6 nitrogen and oxygen atoms in total. The second-order valence-electron chi connectivity index (χ2n) is 6.04. The molecule has 1 aliphatic carbocycles. The molecule has 2 aliphatic rings. The van der Waals surface area contributed by atoms with Gasteiger partial charge in [0, 0.05) is 31.0 Å². The molecule has 0 bridgehead atoms. The predicted octanol–water partition coefficient (Wildman–Crippen LogP) is 1.87. The molecule has 1 atom stereocenters. The van der Waals surface area contributed by atoms with Crippen LogP contribution in [0.1, 0.15) is 56.7 Å². The number of carboxylic acid groups (broad SMARTS) is 1. The van der Waals surface area contributed by atoms with Crippen molar-refractivity contribution in [2.24, 2.45) is 0 Å². The maximum atomic E-state index is 11.8. The van der Waals surface area contributed by atoms with Crippen molar-refractivity contribution < 1.29 is 9.90 Å². The first-order valence-electron chi connectivity index (χ1n) is 7.73. The molecule has 1 aromatic heterocycles. The summed E-state index contributed by atoms with van der Waals surface area (Å²) in [5.74, 6) is 1.15. The Morgan fingerprint density at radius 3 is 2.90 bits per heavy atom. The van der Waals surface area contributed by atoms with Crippen molar-refractivity contribution >= 4 is 11.8 Å². The van der Waals surface area contributed by atoms with Gasteiger partial charge in [-0.2, -0.15) is 0 Å². The van der Waals surface area contributed by atoms with Crippen LogP contribution in [0.4, 0.5) is 5.82 Å². The Balaban J connectivity index is 1.81. The molecule has 2 N–H and O–H groups in total. The van der Waals surface area contributed by atoms with Gasteiger partial charge in [-0.25, -0.2) is 4.98 Å². The zero-order valence-electron chi connectivity index (χ0n) is 12.0. The molecule has 1 aromatic rings. The summed E-state index contributed by atoms with van der Waals surface area (Å²) in [5, 5.41) is 8.88. The van der Waals surface area contributed by atoms with Crippen molar-refractivity contribution in [2.75, 3.05) is 11.4 Å². The number of carbonyl (C=O) groups is 1. The SMILES string of the molecule is O=C(O)CCC1CCCCN1c1cc(=O)[nH]c(C2CC2)n1. The number of nitrogens with one attached hydrogen (secondary N) is 1. The number of nitrogens with zero attached hydrogens (tertiary/aromatic N) is 2. The lowest BCUT2D eigenvalue weighted by Gasteiger charge is -2.36. The third-order valence-electron chi connectivity index (χ3n) is 4.32. The lowest BCUT2D eigenvalue weighted by molar-refractivity contribution is -0.137. The van der Waals surface area contributed by atoms with Crippen molar-refractivity contribution in [2.45, 2.75) is 56.9 Å². The highest BCUT2D eigenvalue weighted by Gasteiger charge is 2.29. The van der Waals surface area contributed by atoms with Crippen LogP contribution in [0.25, 0.3) is 0 Å². The van der Waals surface area contributed by atoms with E-state index in [0.717, 1.165) is 50.3 Å². The number of rotatable bonds is 5. The summed E-state index contributed by atoms with van der Waals surface area (Å²) >= 11 is 0. The van der Waals surface area contributed by atoms with Crippen LogP contribution < -0.4 is 10.5 Å². The topological polar surface area (TPSA) is 86.3 Å². The Morgan fingerprint density at radius 1 is 1.38 bits per heavy atom. The summed E-state index contributed by atoms with van der Waals surface area (Å²) in [6, 6.07) is 1.72. The Morgan fingerprint density at radius 2 is 2.19 bits per heavy atom. The molecule has 1 saturated heterocycles. The van der Waals surface area contributed by atoms with Gasteiger partial charge in [0.05, 0.1) is 0 Å². The smallest absolute Gasteiger partial charge is 0.303 e. The van der Waals surface area contributed by atoms with Gasteiger partial charge in [-0.05, 0) is 38.5 Å². The number of piperidine rings is 1. The molecule has 1 aliphatic heterocycles. The maximum absolute atomic E-state index is 11.8. The van der Waals surface area contributed by atoms with Gasteiger partial charge in [0.2, 0.25) is 0 Å². The number of anilines is 1. The minimum absolute atomic E-state index is 0.107. The van der Waals surface area contributed by atoms with E-state index in [4.69, 9.17) is 5.11 Å². The number of hydrogen-bond acceptors (Lipinski definition) is 4. The highest BCUT2D eigenvalue weighted by atomic mass is 16.4. The quantitative estimate of drug-likeness (QED) is 0.865. The van der Waals surface area contributed by atoms with Gasteiger partial charge in [0.15, 0.2) is 0 Å². The predicted molar refractivity (Wildman–Crippen MR) is 78.7 cm³/mol. The molecule has 1 unspecified atom stereocenters. The molecular formula is C15H21N3O3. The number of hydrogen-bond donors (Lipinski definition) is 2. The van der Waals surface area contributed by atoms with Gasteiger partial charge < -0.3 is 15.0 Å². The minimum Gasteiger partial charge on any atom is -0.481 e. The highest BCUT2D eigenvalue weighted by Crippen LogP contribution is 2.38. The number of carboxylic acids is 1. The van der Waals surface area contributed by atoms with Crippen molar-refractivity contribution in [3.63, 3.8) is 0 Å². The van der Waals surface area contributed by atoms with E-state index in [0.29, 0.717) is 12.3 Å². The summed E-state index contributed by atoms with van der Waals surface area (Å²) in [6.45, 7) is 0.852. The summed E-state index contributed by atoms with van der Waals surface area (Å²) in [4.78, 5) is 32.2. The van der Waals surface area contributed by atoms with Gasteiger partial charge in [-0.3, -0.25) is 9.59 Å². The van der Waals surface area contributed by atoms with Crippen molar-refractivity contribution in [3.05, 3.63) is 22.2 Å². The Kier molecular flexibility index (Phi) is 3.94. The normalized spacial score (nSPS) is 22.3. The molecule has 6 heteroatoms. The van der Waals surface area contributed by atoms with E-state index in [1.807, 2.05) is 0 Å².